The Morgan fingerprint density at radius 2 is 2.17 bits per heavy atom. The van der Waals surface area contributed by atoms with Gasteiger partial charge in [0.1, 0.15) is 11.6 Å². The number of rotatable bonds is 4. The highest BCUT2D eigenvalue weighted by molar-refractivity contribution is 6.01. The van der Waals surface area contributed by atoms with E-state index in [1.807, 2.05) is 6.07 Å². The number of hydrogen-bond acceptors (Lipinski definition) is 3. The van der Waals surface area contributed by atoms with Crippen molar-refractivity contribution in [2.75, 3.05) is 7.11 Å². The minimum Gasteiger partial charge on any atom is -0.494 e. The van der Waals surface area contributed by atoms with E-state index in [-0.39, 0.29) is 17.4 Å². The largest absolute Gasteiger partial charge is 0.494 e. The molecule has 1 aromatic rings. The molecule has 1 aliphatic rings. The quantitative estimate of drug-likeness (QED) is 0.684. The molecule has 2 atom stereocenters. The molecule has 0 heterocycles. The molecule has 0 aromatic heterocycles. The Balaban J connectivity index is 2.13. The lowest BCUT2D eigenvalue weighted by molar-refractivity contribution is -0.118. The summed E-state index contributed by atoms with van der Waals surface area (Å²) in [4.78, 5) is 12.3. The Kier molecular flexibility index (Phi) is 5.75. The predicted molar refractivity (Wildman–Crippen MR) is 86.1 cm³/mol. The normalized spacial score (nSPS) is 21.4. The van der Waals surface area contributed by atoms with Crippen LogP contribution in [0.15, 0.2) is 23.8 Å². The molecule has 1 N–H and O–H groups in total. The molecule has 0 unspecified atom stereocenters. The first-order valence-electron chi connectivity index (χ1n) is 7.81. The van der Waals surface area contributed by atoms with E-state index in [1.165, 1.54) is 31.7 Å². The van der Waals surface area contributed by atoms with Gasteiger partial charge >= 0.3 is 0 Å². The smallest absolute Gasteiger partial charge is 0.262 e. The second-order valence-electron chi connectivity index (χ2n) is 5.91. The number of benzene rings is 1. The van der Waals surface area contributed by atoms with E-state index >= 15 is 0 Å². The van der Waals surface area contributed by atoms with E-state index in [0.29, 0.717) is 11.5 Å². The van der Waals surface area contributed by atoms with Crippen LogP contribution in [0.2, 0.25) is 0 Å². The highest BCUT2D eigenvalue weighted by atomic mass is 19.1. The van der Waals surface area contributed by atoms with Gasteiger partial charge in [-0.25, -0.2) is 4.39 Å². The van der Waals surface area contributed by atoms with Crippen molar-refractivity contribution in [1.29, 1.82) is 5.26 Å². The van der Waals surface area contributed by atoms with E-state index < -0.39 is 11.7 Å². The maximum Gasteiger partial charge on any atom is 0.262 e. The summed E-state index contributed by atoms with van der Waals surface area (Å²) in [5, 5.41) is 12.2. The van der Waals surface area contributed by atoms with E-state index in [0.717, 1.165) is 19.3 Å². The summed E-state index contributed by atoms with van der Waals surface area (Å²) >= 11 is 0. The monoisotopic (exact) mass is 316 g/mol. The van der Waals surface area contributed by atoms with Gasteiger partial charge in [-0.3, -0.25) is 4.79 Å². The first kappa shape index (κ1) is 17.0. The summed E-state index contributed by atoms with van der Waals surface area (Å²) < 4.78 is 18.5. The topological polar surface area (TPSA) is 62.1 Å². The van der Waals surface area contributed by atoms with Gasteiger partial charge in [-0.05, 0) is 42.5 Å². The van der Waals surface area contributed by atoms with Crippen LogP contribution < -0.4 is 10.1 Å². The van der Waals surface area contributed by atoms with Crippen LogP contribution in [-0.4, -0.2) is 19.1 Å². The molecule has 1 aromatic carbocycles. The number of ether oxygens (including phenoxy) is 1. The molecule has 1 saturated carbocycles. The first-order valence-corrected chi connectivity index (χ1v) is 7.81. The third-order valence-corrected chi connectivity index (χ3v) is 4.28. The van der Waals surface area contributed by atoms with E-state index in [2.05, 4.69) is 12.2 Å². The lowest BCUT2D eigenvalue weighted by atomic mass is 9.86. The Bertz CT molecular complexity index is 649. The molecule has 5 heteroatoms. The Hall–Kier alpha value is -2.35. The van der Waals surface area contributed by atoms with Gasteiger partial charge in [0.15, 0.2) is 11.6 Å². The number of nitriles is 1. The Morgan fingerprint density at radius 3 is 2.78 bits per heavy atom. The summed E-state index contributed by atoms with van der Waals surface area (Å²) in [5.74, 6) is -0.394. The van der Waals surface area contributed by atoms with E-state index in [4.69, 9.17) is 4.74 Å². The highest BCUT2D eigenvalue weighted by Crippen LogP contribution is 2.24. The number of methoxy groups -OCH3 is 1. The predicted octanol–water partition coefficient (Wildman–Crippen LogP) is 3.44. The number of carbonyl (C=O) groups excluding carboxylic acids is 1. The van der Waals surface area contributed by atoms with Crippen LogP contribution in [-0.2, 0) is 4.79 Å². The van der Waals surface area contributed by atoms with Crippen molar-refractivity contribution in [2.45, 2.75) is 38.6 Å². The maximum atomic E-state index is 13.7. The van der Waals surface area contributed by atoms with Crippen LogP contribution in [0.5, 0.6) is 5.75 Å². The molecule has 122 valence electrons. The molecule has 0 radical (unpaired) electrons. The number of amides is 1. The van der Waals surface area contributed by atoms with Crippen molar-refractivity contribution >= 4 is 12.0 Å². The van der Waals surface area contributed by atoms with Crippen molar-refractivity contribution < 1.29 is 13.9 Å². The van der Waals surface area contributed by atoms with Crippen LogP contribution in [0.4, 0.5) is 4.39 Å². The number of halogens is 1. The van der Waals surface area contributed by atoms with Gasteiger partial charge < -0.3 is 10.1 Å². The molecule has 0 bridgehead atoms. The summed E-state index contributed by atoms with van der Waals surface area (Å²) in [7, 11) is 1.38. The Labute approximate surface area is 135 Å². The molecule has 4 nitrogen and oxygen atoms in total. The fourth-order valence-electron chi connectivity index (χ4n) is 2.86. The van der Waals surface area contributed by atoms with Crippen LogP contribution in [0.25, 0.3) is 6.08 Å². The summed E-state index contributed by atoms with van der Waals surface area (Å²) in [6.07, 6.45) is 5.68. The molecule has 2 rings (SSSR count). The van der Waals surface area contributed by atoms with E-state index in [1.54, 1.807) is 6.07 Å². The van der Waals surface area contributed by atoms with Gasteiger partial charge in [0.05, 0.1) is 7.11 Å². The van der Waals surface area contributed by atoms with Gasteiger partial charge in [0.2, 0.25) is 0 Å². The second-order valence-corrected chi connectivity index (χ2v) is 5.91. The lowest BCUT2D eigenvalue weighted by Gasteiger charge is -2.29. The molecule has 0 spiro atoms. The van der Waals surface area contributed by atoms with Crippen molar-refractivity contribution in [3.63, 3.8) is 0 Å². The van der Waals surface area contributed by atoms with Crippen LogP contribution in [0.3, 0.4) is 0 Å². The molecule has 0 saturated heterocycles. The zero-order valence-electron chi connectivity index (χ0n) is 13.4. The number of hydrogen-bond donors (Lipinski definition) is 1. The third kappa shape index (κ3) is 4.32. The highest BCUT2D eigenvalue weighted by Gasteiger charge is 2.24. The molecular formula is C18H21FN2O2. The summed E-state index contributed by atoms with van der Waals surface area (Å²) in [6.45, 7) is 2.11. The molecule has 0 aliphatic heterocycles. The van der Waals surface area contributed by atoms with Crippen LogP contribution in [0.1, 0.15) is 38.2 Å². The SMILES string of the molecule is COc1ccc(/C=C(\C#N)C(=O)N[C@@H]2CCCC[C@@H]2C)cc1F. The summed E-state index contributed by atoms with van der Waals surface area (Å²) in [5.41, 5.74) is 0.430. The maximum absolute atomic E-state index is 13.7. The van der Waals surface area contributed by atoms with Crippen molar-refractivity contribution in [2.24, 2.45) is 5.92 Å². The number of nitrogens with zero attached hydrogens (tertiary/aromatic N) is 1. The minimum absolute atomic E-state index is 0.0210. The zero-order chi connectivity index (χ0) is 16.8. The van der Waals surface area contributed by atoms with Crippen molar-refractivity contribution in [1.82, 2.24) is 5.32 Å². The van der Waals surface area contributed by atoms with Gasteiger partial charge in [0, 0.05) is 6.04 Å². The minimum atomic E-state index is -0.528. The van der Waals surface area contributed by atoms with Gasteiger partial charge in [-0.1, -0.05) is 25.8 Å². The molecule has 1 aliphatic carbocycles. The molecular weight excluding hydrogens is 295 g/mol. The average Bonchev–Trinajstić information content (AvgIpc) is 2.54. The van der Waals surface area contributed by atoms with Gasteiger partial charge in [-0.15, -0.1) is 0 Å². The number of nitrogens with one attached hydrogen (secondary N) is 1. The average molecular weight is 316 g/mol. The van der Waals surface area contributed by atoms with Crippen LogP contribution in [0, 0.1) is 23.1 Å². The van der Waals surface area contributed by atoms with Crippen molar-refractivity contribution in [3.05, 3.63) is 35.2 Å². The standard InChI is InChI=1S/C18H21FN2O2/c1-12-5-3-4-6-16(12)21-18(22)14(11-20)9-13-7-8-17(23-2)15(19)10-13/h7-10,12,16H,3-6H2,1-2H3,(H,21,22)/b14-9+/t12-,16+/m0/s1. The summed E-state index contributed by atoms with van der Waals surface area (Å²) in [6, 6.07) is 6.32. The zero-order valence-corrected chi connectivity index (χ0v) is 13.4. The number of carbonyl (C=O) groups is 1. The molecule has 1 fully saturated rings. The van der Waals surface area contributed by atoms with Crippen LogP contribution >= 0.6 is 0 Å². The van der Waals surface area contributed by atoms with Gasteiger partial charge in [0.25, 0.3) is 5.91 Å². The third-order valence-electron chi connectivity index (χ3n) is 4.28. The second kappa shape index (κ2) is 7.77. The van der Waals surface area contributed by atoms with E-state index in [9.17, 15) is 14.4 Å². The molecule has 1 amide bonds. The molecule has 23 heavy (non-hydrogen) atoms. The fourth-order valence-corrected chi connectivity index (χ4v) is 2.86. The van der Waals surface area contributed by atoms with Crippen molar-refractivity contribution in [3.8, 4) is 11.8 Å². The first-order chi connectivity index (χ1) is 11.0. The Morgan fingerprint density at radius 1 is 1.43 bits per heavy atom. The fraction of sp³-hybridized carbons (Fsp3) is 0.444. The van der Waals surface area contributed by atoms with Gasteiger partial charge in [-0.2, -0.15) is 5.26 Å². The lowest BCUT2D eigenvalue weighted by Crippen LogP contribution is -2.41.